The standard InChI is InChI=1S/C8H11N3O2S/c12-7(13)5-2-1-3-6(5)10-8-11-9-4-14-8/h4-6H,1-3H2,(H,10,11)(H,12,13). The number of hydrogen-bond acceptors (Lipinski definition) is 5. The fourth-order valence-electron chi connectivity index (χ4n) is 1.82. The number of carbonyl (C=O) groups is 1. The Balaban J connectivity index is 2.00. The fourth-order valence-corrected chi connectivity index (χ4v) is 2.33. The fraction of sp³-hybridized carbons (Fsp3) is 0.625. The van der Waals surface area contributed by atoms with E-state index in [1.165, 1.54) is 11.3 Å². The molecule has 1 aromatic rings. The lowest BCUT2D eigenvalue weighted by Gasteiger charge is -2.15. The van der Waals surface area contributed by atoms with Crippen LogP contribution in [-0.4, -0.2) is 27.3 Å². The summed E-state index contributed by atoms with van der Waals surface area (Å²) in [5, 5.41) is 20.3. The van der Waals surface area contributed by atoms with Crippen LogP contribution in [-0.2, 0) is 4.79 Å². The number of aromatic nitrogens is 2. The van der Waals surface area contributed by atoms with Crippen molar-refractivity contribution in [3.8, 4) is 0 Å². The lowest BCUT2D eigenvalue weighted by Crippen LogP contribution is -2.29. The maximum Gasteiger partial charge on any atom is 0.308 e. The molecule has 0 bridgehead atoms. The van der Waals surface area contributed by atoms with Gasteiger partial charge in [-0.2, -0.15) is 0 Å². The largest absolute Gasteiger partial charge is 0.481 e. The van der Waals surface area contributed by atoms with E-state index in [2.05, 4.69) is 15.5 Å². The van der Waals surface area contributed by atoms with Crippen molar-refractivity contribution in [2.45, 2.75) is 25.3 Å². The summed E-state index contributed by atoms with van der Waals surface area (Å²) in [5.74, 6) is -0.997. The smallest absolute Gasteiger partial charge is 0.308 e. The number of rotatable bonds is 3. The van der Waals surface area contributed by atoms with Crippen molar-refractivity contribution in [2.75, 3.05) is 5.32 Å². The van der Waals surface area contributed by atoms with E-state index in [0.717, 1.165) is 19.3 Å². The molecular weight excluding hydrogens is 202 g/mol. The van der Waals surface area contributed by atoms with Crippen LogP contribution in [0.15, 0.2) is 5.51 Å². The summed E-state index contributed by atoms with van der Waals surface area (Å²) in [4.78, 5) is 10.9. The topological polar surface area (TPSA) is 75.1 Å². The zero-order valence-electron chi connectivity index (χ0n) is 7.51. The average Bonchev–Trinajstić information content (AvgIpc) is 2.75. The second kappa shape index (κ2) is 3.91. The molecule has 5 nitrogen and oxygen atoms in total. The molecule has 2 N–H and O–H groups in total. The minimum absolute atomic E-state index is 0.0143. The molecule has 0 saturated heterocycles. The molecule has 2 rings (SSSR count). The van der Waals surface area contributed by atoms with Gasteiger partial charge in [-0.25, -0.2) is 0 Å². The van der Waals surface area contributed by atoms with Crippen LogP contribution in [0.25, 0.3) is 0 Å². The van der Waals surface area contributed by atoms with Gasteiger partial charge in [-0.1, -0.05) is 17.8 Å². The van der Waals surface area contributed by atoms with Gasteiger partial charge in [0.15, 0.2) is 0 Å². The summed E-state index contributed by atoms with van der Waals surface area (Å²) in [6, 6.07) is 0.0143. The third-order valence-corrected chi connectivity index (χ3v) is 3.12. The summed E-state index contributed by atoms with van der Waals surface area (Å²) in [6.07, 6.45) is 2.62. The quantitative estimate of drug-likeness (QED) is 0.789. The highest BCUT2D eigenvalue weighted by atomic mass is 32.1. The first-order chi connectivity index (χ1) is 6.77. The van der Waals surface area contributed by atoms with E-state index >= 15 is 0 Å². The number of carboxylic acids is 1. The highest BCUT2D eigenvalue weighted by molar-refractivity contribution is 7.13. The SMILES string of the molecule is O=C(O)C1CCCC1Nc1nncs1. The maximum absolute atomic E-state index is 10.9. The molecule has 1 aromatic heterocycles. The molecule has 2 atom stereocenters. The Kier molecular flexibility index (Phi) is 2.62. The molecule has 0 amide bonds. The Hall–Kier alpha value is -1.17. The number of nitrogens with one attached hydrogen (secondary N) is 1. The zero-order chi connectivity index (χ0) is 9.97. The van der Waals surface area contributed by atoms with Crippen LogP contribution in [0.5, 0.6) is 0 Å². The Morgan fingerprint density at radius 2 is 2.50 bits per heavy atom. The number of nitrogens with zero attached hydrogens (tertiary/aromatic N) is 2. The van der Waals surface area contributed by atoms with Crippen LogP contribution in [0, 0.1) is 5.92 Å². The molecule has 76 valence electrons. The molecule has 6 heteroatoms. The Labute approximate surface area is 85.2 Å². The first kappa shape index (κ1) is 9.39. The van der Waals surface area contributed by atoms with Gasteiger partial charge in [0.1, 0.15) is 5.51 Å². The molecule has 0 radical (unpaired) electrons. The minimum Gasteiger partial charge on any atom is -0.481 e. The summed E-state index contributed by atoms with van der Waals surface area (Å²) < 4.78 is 0. The van der Waals surface area contributed by atoms with Gasteiger partial charge < -0.3 is 10.4 Å². The predicted molar refractivity (Wildman–Crippen MR) is 52.3 cm³/mol. The van der Waals surface area contributed by atoms with Gasteiger partial charge in [0.2, 0.25) is 5.13 Å². The van der Waals surface area contributed by atoms with Gasteiger partial charge in [-0.05, 0) is 12.8 Å². The minimum atomic E-state index is -0.718. The van der Waals surface area contributed by atoms with Gasteiger partial charge in [0, 0.05) is 6.04 Å². The van der Waals surface area contributed by atoms with E-state index in [-0.39, 0.29) is 12.0 Å². The summed E-state index contributed by atoms with van der Waals surface area (Å²) in [7, 11) is 0. The highest BCUT2D eigenvalue weighted by Crippen LogP contribution is 2.28. The molecule has 1 aliphatic rings. The van der Waals surface area contributed by atoms with E-state index in [9.17, 15) is 4.79 Å². The van der Waals surface area contributed by atoms with E-state index < -0.39 is 5.97 Å². The van der Waals surface area contributed by atoms with Crippen LogP contribution in [0.1, 0.15) is 19.3 Å². The van der Waals surface area contributed by atoms with E-state index in [0.29, 0.717) is 5.13 Å². The van der Waals surface area contributed by atoms with Gasteiger partial charge >= 0.3 is 5.97 Å². The van der Waals surface area contributed by atoms with Gasteiger partial charge in [0.25, 0.3) is 0 Å². The molecule has 0 aromatic carbocycles. The maximum atomic E-state index is 10.9. The third-order valence-electron chi connectivity index (χ3n) is 2.50. The van der Waals surface area contributed by atoms with E-state index in [1.807, 2.05) is 0 Å². The number of aliphatic carboxylic acids is 1. The average molecular weight is 213 g/mol. The van der Waals surface area contributed by atoms with Crippen molar-refractivity contribution < 1.29 is 9.90 Å². The lowest BCUT2D eigenvalue weighted by molar-refractivity contribution is -0.141. The van der Waals surface area contributed by atoms with Crippen LogP contribution in [0.3, 0.4) is 0 Å². The van der Waals surface area contributed by atoms with Gasteiger partial charge in [-0.3, -0.25) is 4.79 Å². The van der Waals surface area contributed by atoms with Gasteiger partial charge in [-0.15, -0.1) is 10.2 Å². The van der Waals surface area contributed by atoms with Crippen molar-refractivity contribution in [3.63, 3.8) is 0 Å². The van der Waals surface area contributed by atoms with Crippen molar-refractivity contribution in [2.24, 2.45) is 5.92 Å². The molecule has 1 aliphatic carbocycles. The Morgan fingerprint density at radius 1 is 1.64 bits per heavy atom. The van der Waals surface area contributed by atoms with E-state index in [1.54, 1.807) is 5.51 Å². The molecule has 0 spiro atoms. The van der Waals surface area contributed by atoms with Crippen molar-refractivity contribution in [3.05, 3.63) is 5.51 Å². The predicted octanol–water partition coefficient (Wildman–Crippen LogP) is 1.20. The second-order valence-electron chi connectivity index (χ2n) is 3.37. The molecule has 1 heterocycles. The normalized spacial score (nSPS) is 26.3. The third kappa shape index (κ3) is 1.84. The monoisotopic (exact) mass is 213 g/mol. The summed E-state index contributed by atoms with van der Waals surface area (Å²) in [6.45, 7) is 0. The first-order valence-corrected chi connectivity index (χ1v) is 5.41. The lowest BCUT2D eigenvalue weighted by atomic mass is 10.0. The number of carboxylic acid groups (broad SMARTS) is 1. The molecule has 1 saturated carbocycles. The molecular formula is C8H11N3O2S. The molecule has 14 heavy (non-hydrogen) atoms. The van der Waals surface area contributed by atoms with Crippen LogP contribution in [0.2, 0.25) is 0 Å². The molecule has 1 fully saturated rings. The Bertz CT molecular complexity index is 314. The Morgan fingerprint density at radius 3 is 3.14 bits per heavy atom. The van der Waals surface area contributed by atoms with Crippen molar-refractivity contribution >= 4 is 22.4 Å². The van der Waals surface area contributed by atoms with Gasteiger partial charge in [0.05, 0.1) is 5.92 Å². The van der Waals surface area contributed by atoms with Crippen LogP contribution >= 0.6 is 11.3 Å². The van der Waals surface area contributed by atoms with Crippen molar-refractivity contribution in [1.82, 2.24) is 10.2 Å². The zero-order valence-corrected chi connectivity index (χ0v) is 8.33. The summed E-state index contributed by atoms with van der Waals surface area (Å²) >= 11 is 1.40. The molecule has 2 unspecified atom stereocenters. The summed E-state index contributed by atoms with van der Waals surface area (Å²) in [5.41, 5.74) is 1.63. The van der Waals surface area contributed by atoms with Crippen molar-refractivity contribution in [1.29, 1.82) is 0 Å². The van der Waals surface area contributed by atoms with E-state index in [4.69, 9.17) is 5.11 Å². The number of anilines is 1. The molecule has 0 aliphatic heterocycles. The van der Waals surface area contributed by atoms with Crippen LogP contribution in [0.4, 0.5) is 5.13 Å². The number of hydrogen-bond donors (Lipinski definition) is 2. The first-order valence-electron chi connectivity index (χ1n) is 4.53. The highest BCUT2D eigenvalue weighted by Gasteiger charge is 2.33. The van der Waals surface area contributed by atoms with Crippen LogP contribution < -0.4 is 5.32 Å². The second-order valence-corrected chi connectivity index (χ2v) is 4.20.